The second-order valence-electron chi connectivity index (χ2n) is 5.45. The monoisotopic (exact) mass is 272 g/mol. The summed E-state index contributed by atoms with van der Waals surface area (Å²) in [6, 6.07) is 9.23. The first-order valence-corrected chi connectivity index (χ1v) is 6.72. The normalized spacial score (nSPS) is 16.4. The number of anilines is 1. The third-order valence-electron chi connectivity index (χ3n) is 3.73. The molecule has 0 radical (unpaired) electrons. The van der Waals surface area contributed by atoms with Gasteiger partial charge in [-0.05, 0) is 31.9 Å². The third kappa shape index (κ3) is 2.90. The molecule has 0 spiro atoms. The lowest BCUT2D eigenvalue weighted by molar-refractivity contribution is -0.130. The summed E-state index contributed by atoms with van der Waals surface area (Å²) in [6.45, 7) is 1.86. The highest BCUT2D eigenvalue weighted by molar-refractivity contribution is 6.17. The number of hydrogen-bond acceptors (Lipinski definition) is 3. The quantitative estimate of drug-likeness (QED) is 0.661. The highest BCUT2D eigenvalue weighted by atomic mass is 16.2. The van der Waals surface area contributed by atoms with Gasteiger partial charge in [-0.3, -0.25) is 9.59 Å². The number of benzene rings is 1. The number of ketones is 1. The van der Waals surface area contributed by atoms with Crippen LogP contribution in [0.2, 0.25) is 0 Å². The molecule has 1 aromatic rings. The molecule has 1 N–H and O–H groups in total. The van der Waals surface area contributed by atoms with Crippen molar-refractivity contribution in [2.45, 2.75) is 19.8 Å². The molecule has 4 nitrogen and oxygen atoms in total. The molecule has 1 aromatic carbocycles. The Morgan fingerprint density at radius 1 is 1.20 bits per heavy atom. The number of para-hydroxylation sites is 1. The molecule has 106 valence electrons. The Balaban J connectivity index is 2.09. The predicted octanol–water partition coefficient (Wildman–Crippen LogP) is 2.44. The van der Waals surface area contributed by atoms with Gasteiger partial charge in [0.15, 0.2) is 5.78 Å². The van der Waals surface area contributed by atoms with Crippen LogP contribution in [0.5, 0.6) is 0 Å². The Labute approximate surface area is 119 Å². The van der Waals surface area contributed by atoms with E-state index < -0.39 is 5.41 Å². The van der Waals surface area contributed by atoms with Crippen LogP contribution in [-0.2, 0) is 9.59 Å². The minimum atomic E-state index is -0.854. The first-order chi connectivity index (χ1) is 9.45. The highest BCUT2D eigenvalue weighted by Crippen LogP contribution is 2.48. The van der Waals surface area contributed by atoms with Crippen LogP contribution in [-0.4, -0.2) is 30.7 Å². The molecule has 1 aliphatic rings. The molecule has 0 bridgehead atoms. The van der Waals surface area contributed by atoms with Gasteiger partial charge in [0.05, 0.1) is 0 Å². The molecule has 0 aromatic heterocycles. The molecule has 0 unspecified atom stereocenters. The fourth-order valence-corrected chi connectivity index (χ4v) is 1.94. The second kappa shape index (κ2) is 5.49. The highest BCUT2D eigenvalue weighted by Gasteiger charge is 2.55. The summed E-state index contributed by atoms with van der Waals surface area (Å²) in [5, 5.41) is 2.83. The van der Waals surface area contributed by atoms with Gasteiger partial charge < -0.3 is 10.2 Å². The molecule has 0 atom stereocenters. The van der Waals surface area contributed by atoms with Crippen LogP contribution in [0.15, 0.2) is 42.1 Å². The molecular weight excluding hydrogens is 252 g/mol. The maximum Gasteiger partial charge on any atom is 0.238 e. The Morgan fingerprint density at radius 3 is 2.30 bits per heavy atom. The molecule has 1 fully saturated rings. The minimum absolute atomic E-state index is 0.0999. The van der Waals surface area contributed by atoms with Gasteiger partial charge in [0.1, 0.15) is 5.41 Å². The molecular formula is C16H20N2O2. The van der Waals surface area contributed by atoms with E-state index in [0.29, 0.717) is 12.8 Å². The summed E-state index contributed by atoms with van der Waals surface area (Å²) in [4.78, 5) is 26.5. The van der Waals surface area contributed by atoms with Crippen LogP contribution in [0, 0.1) is 5.41 Å². The van der Waals surface area contributed by atoms with Crippen LogP contribution in [0.3, 0.4) is 0 Å². The standard InChI is InChI=1S/C16H20N2O2/c1-12(18(2)3)11-14(19)16(9-10-16)15(20)17-13-7-5-4-6-8-13/h4-8,11H,9-10H2,1-3H3,(H,17,20). The zero-order valence-corrected chi connectivity index (χ0v) is 12.1. The largest absolute Gasteiger partial charge is 0.381 e. The van der Waals surface area contributed by atoms with E-state index in [4.69, 9.17) is 0 Å². The number of carbonyl (C=O) groups excluding carboxylic acids is 2. The van der Waals surface area contributed by atoms with E-state index in [1.165, 1.54) is 0 Å². The van der Waals surface area contributed by atoms with Gasteiger partial charge in [0.2, 0.25) is 5.91 Å². The number of nitrogens with one attached hydrogen (secondary N) is 1. The summed E-state index contributed by atoms with van der Waals surface area (Å²) < 4.78 is 0. The maximum atomic E-state index is 12.3. The zero-order chi connectivity index (χ0) is 14.8. The molecule has 0 heterocycles. The summed E-state index contributed by atoms with van der Waals surface area (Å²) >= 11 is 0. The number of amides is 1. The first-order valence-electron chi connectivity index (χ1n) is 6.72. The summed E-state index contributed by atoms with van der Waals surface area (Å²) in [7, 11) is 3.76. The van der Waals surface area contributed by atoms with Crippen molar-refractivity contribution in [2.24, 2.45) is 5.41 Å². The Hall–Kier alpha value is -2.10. The van der Waals surface area contributed by atoms with Gasteiger partial charge in [0, 0.05) is 31.6 Å². The Bertz CT molecular complexity index is 543. The minimum Gasteiger partial charge on any atom is -0.381 e. The van der Waals surface area contributed by atoms with Crippen molar-refractivity contribution >= 4 is 17.4 Å². The predicted molar refractivity (Wildman–Crippen MR) is 79.2 cm³/mol. The summed E-state index contributed by atoms with van der Waals surface area (Å²) in [5.74, 6) is -0.298. The van der Waals surface area contributed by atoms with E-state index >= 15 is 0 Å². The molecule has 2 rings (SSSR count). The van der Waals surface area contributed by atoms with Gasteiger partial charge in [-0.15, -0.1) is 0 Å². The van der Waals surface area contributed by atoms with E-state index in [1.54, 1.807) is 6.08 Å². The van der Waals surface area contributed by atoms with Crippen molar-refractivity contribution < 1.29 is 9.59 Å². The third-order valence-corrected chi connectivity index (χ3v) is 3.73. The zero-order valence-electron chi connectivity index (χ0n) is 12.1. The SMILES string of the molecule is CC(=CC(=O)C1(C(=O)Nc2ccccc2)CC1)N(C)C. The van der Waals surface area contributed by atoms with Crippen molar-refractivity contribution in [3.63, 3.8) is 0 Å². The number of nitrogens with zero attached hydrogens (tertiary/aromatic N) is 1. The van der Waals surface area contributed by atoms with Crippen LogP contribution in [0.25, 0.3) is 0 Å². The van der Waals surface area contributed by atoms with Gasteiger partial charge in [-0.1, -0.05) is 18.2 Å². The number of carbonyl (C=O) groups is 2. The van der Waals surface area contributed by atoms with Gasteiger partial charge in [-0.2, -0.15) is 0 Å². The van der Waals surface area contributed by atoms with Crippen molar-refractivity contribution in [2.75, 3.05) is 19.4 Å². The number of allylic oxidation sites excluding steroid dienone is 2. The van der Waals surface area contributed by atoms with Gasteiger partial charge in [-0.25, -0.2) is 0 Å². The van der Waals surface area contributed by atoms with E-state index in [0.717, 1.165) is 11.4 Å². The van der Waals surface area contributed by atoms with Crippen molar-refractivity contribution in [3.8, 4) is 0 Å². The Kier molecular flexibility index (Phi) is 3.93. The smallest absolute Gasteiger partial charge is 0.238 e. The second-order valence-corrected chi connectivity index (χ2v) is 5.45. The average molecular weight is 272 g/mol. The van der Waals surface area contributed by atoms with E-state index in [-0.39, 0.29) is 11.7 Å². The lowest BCUT2D eigenvalue weighted by Crippen LogP contribution is -2.31. The Morgan fingerprint density at radius 2 is 1.80 bits per heavy atom. The molecule has 1 amide bonds. The molecule has 20 heavy (non-hydrogen) atoms. The number of rotatable bonds is 5. The topological polar surface area (TPSA) is 49.4 Å². The molecule has 4 heteroatoms. The van der Waals surface area contributed by atoms with E-state index in [1.807, 2.05) is 56.3 Å². The van der Waals surface area contributed by atoms with E-state index in [2.05, 4.69) is 5.32 Å². The van der Waals surface area contributed by atoms with Crippen LogP contribution >= 0.6 is 0 Å². The first kappa shape index (κ1) is 14.3. The molecule has 1 aliphatic carbocycles. The van der Waals surface area contributed by atoms with Crippen molar-refractivity contribution in [1.29, 1.82) is 0 Å². The summed E-state index contributed by atoms with van der Waals surface area (Å²) in [5.41, 5.74) is 0.728. The molecule has 1 saturated carbocycles. The number of hydrogen-bond donors (Lipinski definition) is 1. The van der Waals surface area contributed by atoms with Gasteiger partial charge >= 0.3 is 0 Å². The lowest BCUT2D eigenvalue weighted by atomic mass is 9.98. The van der Waals surface area contributed by atoms with Gasteiger partial charge in [0.25, 0.3) is 0 Å². The molecule has 0 aliphatic heterocycles. The lowest BCUT2D eigenvalue weighted by Gasteiger charge is -2.15. The van der Waals surface area contributed by atoms with E-state index in [9.17, 15) is 9.59 Å². The van der Waals surface area contributed by atoms with Crippen LogP contribution in [0.4, 0.5) is 5.69 Å². The van der Waals surface area contributed by atoms with Crippen LogP contribution < -0.4 is 5.32 Å². The van der Waals surface area contributed by atoms with Crippen molar-refractivity contribution in [3.05, 3.63) is 42.1 Å². The average Bonchev–Trinajstić information content (AvgIpc) is 3.21. The van der Waals surface area contributed by atoms with Crippen molar-refractivity contribution in [1.82, 2.24) is 4.90 Å². The maximum absolute atomic E-state index is 12.3. The fourth-order valence-electron chi connectivity index (χ4n) is 1.94. The summed E-state index contributed by atoms with van der Waals surface area (Å²) in [6.07, 6.45) is 2.82. The van der Waals surface area contributed by atoms with Crippen LogP contribution in [0.1, 0.15) is 19.8 Å². The molecule has 0 saturated heterocycles. The fraction of sp³-hybridized carbons (Fsp3) is 0.375.